The van der Waals surface area contributed by atoms with Crippen LogP contribution in [0.3, 0.4) is 0 Å². The van der Waals surface area contributed by atoms with E-state index < -0.39 is 11.2 Å². The maximum atomic E-state index is 12.2. The summed E-state index contributed by atoms with van der Waals surface area (Å²) < 4.78 is 6.46. The van der Waals surface area contributed by atoms with Gasteiger partial charge in [0.05, 0.1) is 17.7 Å². The fourth-order valence-corrected chi connectivity index (χ4v) is 2.72. The van der Waals surface area contributed by atoms with Crippen LogP contribution in [0.15, 0.2) is 15.8 Å². The van der Waals surface area contributed by atoms with Crippen molar-refractivity contribution in [3.8, 4) is 0 Å². The van der Waals surface area contributed by atoms with Gasteiger partial charge in [-0.15, -0.1) is 0 Å². The summed E-state index contributed by atoms with van der Waals surface area (Å²) in [5, 5.41) is 0. The molecule has 2 rings (SSSR count). The minimum atomic E-state index is -0.524. The van der Waals surface area contributed by atoms with Gasteiger partial charge >= 0.3 is 5.69 Å². The predicted molar refractivity (Wildman–Crippen MR) is 69.6 cm³/mol. The highest BCUT2D eigenvalue weighted by atomic mass is 16.5. The van der Waals surface area contributed by atoms with Crippen LogP contribution in [0.25, 0.3) is 0 Å². The Hall–Kier alpha value is -1.69. The number of H-pyrrole nitrogens is 1. The molecule has 0 amide bonds. The molecular weight excluding hydrogens is 248 g/mol. The quantitative estimate of drug-likeness (QED) is 0.817. The second kappa shape index (κ2) is 4.45. The number of methoxy groups -OCH3 is 1. The molecule has 1 fully saturated rings. The van der Waals surface area contributed by atoms with Crippen molar-refractivity contribution >= 4 is 5.78 Å². The van der Waals surface area contributed by atoms with E-state index in [2.05, 4.69) is 4.98 Å². The van der Waals surface area contributed by atoms with Crippen LogP contribution in [0.5, 0.6) is 0 Å². The van der Waals surface area contributed by atoms with Gasteiger partial charge in [0.15, 0.2) is 5.78 Å². The molecule has 0 aromatic carbocycles. The molecule has 6 nitrogen and oxygen atoms in total. The number of ketones is 1. The van der Waals surface area contributed by atoms with E-state index in [-0.39, 0.29) is 28.9 Å². The topological polar surface area (TPSA) is 81.2 Å². The minimum absolute atomic E-state index is 0.00443. The molecule has 1 aliphatic carbocycles. The summed E-state index contributed by atoms with van der Waals surface area (Å²) in [4.78, 5) is 38.0. The maximum Gasteiger partial charge on any atom is 0.328 e. The van der Waals surface area contributed by atoms with Crippen molar-refractivity contribution in [3.05, 3.63) is 32.6 Å². The third kappa shape index (κ3) is 1.96. The summed E-state index contributed by atoms with van der Waals surface area (Å²) in [5.41, 5.74) is -1.32. The number of aromatic nitrogens is 2. The largest absolute Gasteiger partial charge is 0.381 e. The summed E-state index contributed by atoms with van der Waals surface area (Å²) >= 11 is 0. The first-order valence-corrected chi connectivity index (χ1v) is 6.18. The number of hydrogen-bond donors (Lipinski definition) is 1. The van der Waals surface area contributed by atoms with Gasteiger partial charge in [0, 0.05) is 18.7 Å². The molecule has 2 unspecified atom stereocenters. The molecule has 0 aliphatic heterocycles. The Morgan fingerprint density at radius 3 is 2.58 bits per heavy atom. The van der Waals surface area contributed by atoms with Crippen molar-refractivity contribution in [3.63, 3.8) is 0 Å². The van der Waals surface area contributed by atoms with Gasteiger partial charge in [-0.2, -0.15) is 0 Å². The number of nitrogens with zero attached hydrogens (tertiary/aromatic N) is 1. The Kier molecular flexibility index (Phi) is 3.22. The lowest BCUT2D eigenvalue weighted by molar-refractivity contribution is -0.115. The molecule has 6 heteroatoms. The molecular formula is C13H18N2O4. The van der Waals surface area contributed by atoms with E-state index in [1.54, 1.807) is 7.11 Å². The second-order valence-electron chi connectivity index (χ2n) is 5.54. The Morgan fingerprint density at radius 1 is 1.47 bits per heavy atom. The van der Waals surface area contributed by atoms with Crippen LogP contribution in [0, 0.1) is 5.41 Å². The maximum absolute atomic E-state index is 12.2. The Labute approximate surface area is 110 Å². The molecule has 1 saturated carbocycles. The van der Waals surface area contributed by atoms with Gasteiger partial charge in [-0.1, -0.05) is 13.8 Å². The van der Waals surface area contributed by atoms with Crippen molar-refractivity contribution in [1.82, 2.24) is 9.55 Å². The molecule has 0 spiro atoms. The van der Waals surface area contributed by atoms with E-state index >= 15 is 0 Å². The van der Waals surface area contributed by atoms with Crippen LogP contribution in [0.1, 0.15) is 43.6 Å². The molecule has 1 aliphatic rings. The van der Waals surface area contributed by atoms with Gasteiger partial charge in [-0.05, 0) is 13.3 Å². The van der Waals surface area contributed by atoms with Gasteiger partial charge < -0.3 is 9.72 Å². The molecule has 0 bridgehead atoms. The van der Waals surface area contributed by atoms with E-state index in [1.807, 2.05) is 13.8 Å². The number of ether oxygens (including phenoxy) is 1. The van der Waals surface area contributed by atoms with Crippen LogP contribution < -0.4 is 11.2 Å². The first kappa shape index (κ1) is 13.7. The molecule has 1 heterocycles. The fourth-order valence-electron chi connectivity index (χ4n) is 2.72. The van der Waals surface area contributed by atoms with Gasteiger partial charge in [-0.25, -0.2) is 4.79 Å². The number of carbonyl (C=O) groups is 1. The standard InChI is InChI=1S/C13H18N2O4/c1-7(16)8-6-14-12(18)15(11(8)17)9-5-10(19-4)13(9,2)3/h6,9-10H,5H2,1-4H3,(H,14,18). The summed E-state index contributed by atoms with van der Waals surface area (Å²) in [6.45, 7) is 5.20. The highest BCUT2D eigenvalue weighted by molar-refractivity contribution is 5.93. The second-order valence-corrected chi connectivity index (χ2v) is 5.54. The predicted octanol–water partition coefficient (Wildman–Crippen LogP) is 0.725. The summed E-state index contributed by atoms with van der Waals surface area (Å²) in [7, 11) is 1.61. The first-order chi connectivity index (χ1) is 8.80. The molecule has 0 radical (unpaired) electrons. The summed E-state index contributed by atoms with van der Waals surface area (Å²) in [5.74, 6) is -0.351. The highest BCUT2D eigenvalue weighted by Crippen LogP contribution is 2.49. The Balaban J connectivity index is 2.54. The number of hydrogen-bond acceptors (Lipinski definition) is 4. The average Bonchev–Trinajstić information content (AvgIpc) is 2.31. The highest BCUT2D eigenvalue weighted by Gasteiger charge is 2.50. The lowest BCUT2D eigenvalue weighted by atomic mass is 9.64. The van der Waals surface area contributed by atoms with E-state index in [0.29, 0.717) is 6.42 Å². The zero-order valence-electron chi connectivity index (χ0n) is 11.5. The number of rotatable bonds is 3. The number of Topliss-reactive ketones (excluding diaryl/α,β-unsaturated/α-hetero) is 1. The number of carbonyl (C=O) groups excluding carboxylic acids is 1. The van der Waals surface area contributed by atoms with Crippen LogP contribution in [-0.2, 0) is 4.74 Å². The van der Waals surface area contributed by atoms with Crippen molar-refractivity contribution in [1.29, 1.82) is 0 Å². The minimum Gasteiger partial charge on any atom is -0.381 e. The summed E-state index contributed by atoms with van der Waals surface area (Å²) in [6.07, 6.45) is 1.78. The smallest absolute Gasteiger partial charge is 0.328 e. The van der Waals surface area contributed by atoms with Crippen LogP contribution in [-0.4, -0.2) is 28.5 Å². The van der Waals surface area contributed by atoms with Crippen LogP contribution in [0.4, 0.5) is 0 Å². The van der Waals surface area contributed by atoms with Crippen molar-refractivity contribution in [2.24, 2.45) is 5.41 Å². The fraction of sp³-hybridized carbons (Fsp3) is 0.615. The zero-order chi connectivity index (χ0) is 14.4. The average molecular weight is 266 g/mol. The Bertz CT molecular complexity index is 626. The van der Waals surface area contributed by atoms with E-state index in [0.717, 1.165) is 4.57 Å². The van der Waals surface area contributed by atoms with Crippen LogP contribution >= 0.6 is 0 Å². The molecule has 1 N–H and O–H groups in total. The molecule has 1 aromatic heterocycles. The van der Waals surface area contributed by atoms with Crippen LogP contribution in [0.2, 0.25) is 0 Å². The van der Waals surface area contributed by atoms with Crippen molar-refractivity contribution < 1.29 is 9.53 Å². The van der Waals surface area contributed by atoms with Gasteiger partial charge in [-0.3, -0.25) is 14.2 Å². The SMILES string of the molecule is COC1CC(n2c(=O)[nH]cc(C(C)=O)c2=O)C1(C)C. The third-order valence-electron chi connectivity index (χ3n) is 4.11. The van der Waals surface area contributed by atoms with Crippen molar-refractivity contribution in [2.75, 3.05) is 7.11 Å². The van der Waals surface area contributed by atoms with E-state index in [4.69, 9.17) is 4.74 Å². The summed E-state index contributed by atoms with van der Waals surface area (Å²) in [6, 6.07) is -0.256. The molecule has 1 aromatic rings. The lowest BCUT2D eigenvalue weighted by Crippen LogP contribution is -2.57. The van der Waals surface area contributed by atoms with Gasteiger partial charge in [0.1, 0.15) is 0 Å². The number of nitrogens with one attached hydrogen (secondary N) is 1. The lowest BCUT2D eigenvalue weighted by Gasteiger charge is -2.51. The monoisotopic (exact) mass is 266 g/mol. The third-order valence-corrected chi connectivity index (χ3v) is 4.11. The van der Waals surface area contributed by atoms with Gasteiger partial charge in [0.2, 0.25) is 0 Å². The molecule has 104 valence electrons. The zero-order valence-corrected chi connectivity index (χ0v) is 11.5. The van der Waals surface area contributed by atoms with Crippen molar-refractivity contribution in [2.45, 2.75) is 39.3 Å². The van der Waals surface area contributed by atoms with E-state index in [1.165, 1.54) is 13.1 Å². The first-order valence-electron chi connectivity index (χ1n) is 6.18. The molecule has 2 atom stereocenters. The Morgan fingerprint density at radius 2 is 2.11 bits per heavy atom. The molecule has 0 saturated heterocycles. The van der Waals surface area contributed by atoms with E-state index in [9.17, 15) is 14.4 Å². The molecule has 19 heavy (non-hydrogen) atoms. The number of aromatic amines is 1. The normalized spacial score (nSPS) is 24.8. The van der Waals surface area contributed by atoms with Gasteiger partial charge in [0.25, 0.3) is 5.56 Å².